The Kier molecular flexibility index (Phi) is 8.07. The molecule has 114 valence electrons. The molecular formula is C16H28O3Si. The predicted molar refractivity (Wildman–Crippen MR) is 85.3 cm³/mol. The molecule has 0 fully saturated rings. The summed E-state index contributed by atoms with van der Waals surface area (Å²) in [5.74, 6) is 0. The van der Waals surface area contributed by atoms with Gasteiger partial charge in [-0.25, -0.2) is 0 Å². The quantitative estimate of drug-likeness (QED) is 0.619. The Labute approximate surface area is 124 Å². The van der Waals surface area contributed by atoms with Crippen molar-refractivity contribution in [3.8, 4) is 0 Å². The van der Waals surface area contributed by atoms with Crippen LogP contribution in [0.4, 0.5) is 0 Å². The summed E-state index contributed by atoms with van der Waals surface area (Å²) in [5, 5.41) is 1.07. The molecule has 1 aromatic rings. The van der Waals surface area contributed by atoms with Crippen LogP contribution >= 0.6 is 0 Å². The van der Waals surface area contributed by atoms with Crippen LogP contribution in [-0.2, 0) is 13.3 Å². The van der Waals surface area contributed by atoms with Crippen LogP contribution in [0.15, 0.2) is 24.3 Å². The molecule has 0 radical (unpaired) electrons. The van der Waals surface area contributed by atoms with Crippen LogP contribution in [0.5, 0.6) is 0 Å². The zero-order valence-electron chi connectivity index (χ0n) is 13.3. The highest BCUT2D eigenvalue weighted by atomic mass is 28.4. The highest BCUT2D eigenvalue weighted by Crippen LogP contribution is 2.13. The van der Waals surface area contributed by atoms with Crippen molar-refractivity contribution in [3.63, 3.8) is 0 Å². The lowest BCUT2D eigenvalue weighted by Gasteiger charge is -2.29. The Hall–Kier alpha value is -0.683. The molecule has 0 amide bonds. The summed E-state index contributed by atoms with van der Waals surface area (Å²) in [7, 11) is -2.76. The summed E-state index contributed by atoms with van der Waals surface area (Å²) in [5.41, 5.74) is 1.23. The van der Waals surface area contributed by atoms with Gasteiger partial charge in [-0.05, 0) is 26.2 Å². The maximum Gasteiger partial charge on any atom is 0.537 e. The van der Waals surface area contributed by atoms with Gasteiger partial charge in [-0.1, -0.05) is 50.6 Å². The minimum Gasteiger partial charge on any atom is -0.370 e. The number of hydrogen-bond acceptors (Lipinski definition) is 3. The van der Waals surface area contributed by atoms with Crippen LogP contribution < -0.4 is 5.19 Å². The van der Waals surface area contributed by atoms with Gasteiger partial charge in [-0.15, -0.1) is 0 Å². The molecule has 0 aliphatic rings. The monoisotopic (exact) mass is 296 g/mol. The van der Waals surface area contributed by atoms with Gasteiger partial charge in [-0.3, -0.25) is 0 Å². The zero-order valence-corrected chi connectivity index (χ0v) is 14.3. The van der Waals surface area contributed by atoms with E-state index < -0.39 is 8.80 Å². The van der Waals surface area contributed by atoms with Crippen molar-refractivity contribution in [2.45, 2.75) is 47.0 Å². The standard InChI is InChI=1S/C16H28O3Si/c1-5-12-17-20(18-13-6-2,19-14-7-3)16-10-8-15(4)9-11-16/h8-11H,5-7,12-14H2,1-4H3. The molecule has 0 saturated carbocycles. The van der Waals surface area contributed by atoms with Crippen molar-refractivity contribution in [1.82, 2.24) is 0 Å². The van der Waals surface area contributed by atoms with Crippen LogP contribution in [0.1, 0.15) is 45.6 Å². The lowest BCUT2D eigenvalue weighted by atomic mass is 10.2. The van der Waals surface area contributed by atoms with E-state index >= 15 is 0 Å². The molecule has 0 bridgehead atoms. The SMILES string of the molecule is CCCO[Si](OCCC)(OCCC)c1ccc(C)cc1. The van der Waals surface area contributed by atoms with Gasteiger partial charge in [0.05, 0.1) is 0 Å². The third-order valence-electron chi connectivity index (χ3n) is 2.89. The van der Waals surface area contributed by atoms with Crippen molar-refractivity contribution in [2.24, 2.45) is 0 Å². The Bertz CT molecular complexity index is 343. The molecular weight excluding hydrogens is 268 g/mol. The molecule has 0 atom stereocenters. The summed E-state index contributed by atoms with van der Waals surface area (Å²) < 4.78 is 18.3. The summed E-state index contributed by atoms with van der Waals surface area (Å²) in [6, 6.07) is 8.36. The fourth-order valence-corrected chi connectivity index (χ4v) is 4.59. The van der Waals surface area contributed by atoms with Gasteiger partial charge in [0.25, 0.3) is 0 Å². The Balaban J connectivity index is 3.00. The highest BCUT2D eigenvalue weighted by Gasteiger charge is 2.43. The number of aryl methyl sites for hydroxylation is 1. The minimum absolute atomic E-state index is 0.674. The van der Waals surface area contributed by atoms with Gasteiger partial charge in [-0.2, -0.15) is 0 Å². The fourth-order valence-electron chi connectivity index (χ4n) is 1.84. The number of rotatable bonds is 10. The molecule has 0 aliphatic heterocycles. The second-order valence-electron chi connectivity index (χ2n) is 4.97. The Morgan fingerprint density at radius 2 is 1.15 bits per heavy atom. The Morgan fingerprint density at radius 1 is 0.750 bits per heavy atom. The van der Waals surface area contributed by atoms with Gasteiger partial charge in [0.2, 0.25) is 0 Å². The van der Waals surface area contributed by atoms with Crippen LogP contribution in [0.25, 0.3) is 0 Å². The van der Waals surface area contributed by atoms with Crippen molar-refractivity contribution in [3.05, 3.63) is 29.8 Å². The third kappa shape index (κ3) is 5.02. The van der Waals surface area contributed by atoms with Crippen LogP contribution in [0.3, 0.4) is 0 Å². The summed E-state index contributed by atoms with van der Waals surface area (Å²) in [6.07, 6.45) is 2.89. The second kappa shape index (κ2) is 9.29. The molecule has 0 aliphatic carbocycles. The van der Waals surface area contributed by atoms with E-state index in [1.807, 2.05) is 0 Å². The molecule has 0 saturated heterocycles. The largest absolute Gasteiger partial charge is 0.537 e. The van der Waals surface area contributed by atoms with E-state index in [2.05, 4.69) is 52.0 Å². The number of hydrogen-bond donors (Lipinski definition) is 0. The van der Waals surface area contributed by atoms with Crippen molar-refractivity contribution >= 4 is 14.0 Å². The zero-order chi connectivity index (χ0) is 14.8. The molecule has 3 nitrogen and oxygen atoms in total. The van der Waals surface area contributed by atoms with Gasteiger partial charge in [0.15, 0.2) is 0 Å². The molecule has 0 unspecified atom stereocenters. The van der Waals surface area contributed by atoms with E-state index in [4.69, 9.17) is 13.3 Å². The first kappa shape index (κ1) is 17.4. The van der Waals surface area contributed by atoms with Gasteiger partial charge >= 0.3 is 8.80 Å². The maximum absolute atomic E-state index is 6.10. The van der Waals surface area contributed by atoms with Gasteiger partial charge in [0, 0.05) is 25.0 Å². The van der Waals surface area contributed by atoms with E-state index in [1.54, 1.807) is 0 Å². The van der Waals surface area contributed by atoms with E-state index in [0.29, 0.717) is 19.8 Å². The molecule has 4 heteroatoms. The van der Waals surface area contributed by atoms with Crippen molar-refractivity contribution in [2.75, 3.05) is 19.8 Å². The molecule has 0 N–H and O–H groups in total. The molecule has 0 aromatic heterocycles. The summed E-state index contributed by atoms with van der Waals surface area (Å²) >= 11 is 0. The molecule has 0 heterocycles. The highest BCUT2D eigenvalue weighted by molar-refractivity contribution is 6.75. The van der Waals surface area contributed by atoms with E-state index in [0.717, 1.165) is 24.4 Å². The van der Waals surface area contributed by atoms with Crippen LogP contribution in [0.2, 0.25) is 0 Å². The van der Waals surface area contributed by atoms with E-state index in [9.17, 15) is 0 Å². The molecule has 0 spiro atoms. The van der Waals surface area contributed by atoms with E-state index in [1.165, 1.54) is 5.56 Å². The first-order valence-corrected chi connectivity index (χ1v) is 9.40. The second-order valence-corrected chi connectivity index (χ2v) is 7.52. The summed E-state index contributed by atoms with van der Waals surface area (Å²) in [6.45, 7) is 10.4. The smallest absolute Gasteiger partial charge is 0.370 e. The topological polar surface area (TPSA) is 27.7 Å². The van der Waals surface area contributed by atoms with E-state index in [-0.39, 0.29) is 0 Å². The molecule has 1 rings (SSSR count). The average Bonchev–Trinajstić information content (AvgIpc) is 2.48. The minimum atomic E-state index is -2.76. The maximum atomic E-state index is 6.10. The van der Waals surface area contributed by atoms with Crippen LogP contribution in [0, 0.1) is 6.92 Å². The van der Waals surface area contributed by atoms with Crippen molar-refractivity contribution < 1.29 is 13.3 Å². The summed E-state index contributed by atoms with van der Waals surface area (Å²) in [4.78, 5) is 0. The van der Waals surface area contributed by atoms with Gasteiger partial charge < -0.3 is 13.3 Å². The van der Waals surface area contributed by atoms with Crippen LogP contribution in [-0.4, -0.2) is 28.6 Å². The first-order valence-electron chi connectivity index (χ1n) is 7.67. The normalized spacial score (nSPS) is 11.8. The lowest BCUT2D eigenvalue weighted by Crippen LogP contribution is -2.57. The fraction of sp³-hybridized carbons (Fsp3) is 0.625. The molecule has 1 aromatic carbocycles. The van der Waals surface area contributed by atoms with Crippen molar-refractivity contribution in [1.29, 1.82) is 0 Å². The molecule has 20 heavy (non-hydrogen) atoms. The first-order chi connectivity index (χ1) is 9.68. The Morgan fingerprint density at radius 3 is 1.50 bits per heavy atom. The predicted octanol–water partition coefficient (Wildman–Crippen LogP) is 3.42. The lowest BCUT2D eigenvalue weighted by molar-refractivity contribution is 0.0732. The van der Waals surface area contributed by atoms with Gasteiger partial charge in [0.1, 0.15) is 0 Å². The average molecular weight is 296 g/mol. The number of benzene rings is 1. The third-order valence-corrected chi connectivity index (χ3v) is 5.69.